The number of phenolic OH excluding ortho intramolecular Hbond substituents is 2. The number of aromatic hydroxyl groups is 2. The van der Waals surface area contributed by atoms with Gasteiger partial charge in [-0.2, -0.15) is 0 Å². The zero-order chi connectivity index (χ0) is 14.6. The first kappa shape index (κ1) is 14.8. The molecule has 1 atom stereocenters. The molecule has 0 aliphatic rings. The number of alkyl carbamates (subject to hydrolysis) is 1. The van der Waals surface area contributed by atoms with Gasteiger partial charge in [0.05, 0.1) is 0 Å². The summed E-state index contributed by atoms with van der Waals surface area (Å²) in [7, 11) is 0. The van der Waals surface area contributed by atoms with E-state index < -0.39 is 17.7 Å². The molecule has 1 rings (SSSR count). The van der Waals surface area contributed by atoms with Crippen LogP contribution in [0, 0.1) is 0 Å². The third-order valence-corrected chi connectivity index (χ3v) is 2.16. The van der Waals surface area contributed by atoms with Crippen LogP contribution in [0.3, 0.4) is 0 Å². The second-order valence-corrected chi connectivity index (χ2v) is 5.00. The van der Waals surface area contributed by atoms with Gasteiger partial charge in [-0.3, -0.25) is 0 Å². The minimum atomic E-state index is -1.05. The normalized spacial score (nSPS) is 12.6. The van der Waals surface area contributed by atoms with Crippen LogP contribution in [-0.4, -0.2) is 28.2 Å². The molecule has 6 heteroatoms. The lowest BCUT2D eigenvalue weighted by Crippen LogP contribution is -2.35. The Morgan fingerprint density at radius 1 is 1.37 bits per heavy atom. The molecular weight excluding hydrogens is 250 g/mol. The first-order valence-corrected chi connectivity index (χ1v) is 5.69. The average Bonchev–Trinajstić information content (AvgIpc) is 2.24. The van der Waals surface area contributed by atoms with Gasteiger partial charge in [-0.25, -0.2) is 4.79 Å². The molecule has 1 aromatic rings. The highest BCUT2D eigenvalue weighted by molar-refractivity contribution is 5.75. The summed E-state index contributed by atoms with van der Waals surface area (Å²) in [6.45, 7) is 5.08. The number of phenols is 2. The standard InChI is InChI=1S/C13H17NO5/c1-13(2,3)19-12(18)14-10(7-15)9-5-4-8(16)6-11(9)17/h4-7,10,16-17H,1-3H3,(H,14,18). The number of amides is 1. The Bertz CT molecular complexity index is 478. The number of rotatable bonds is 3. The zero-order valence-electron chi connectivity index (χ0n) is 11.0. The third-order valence-electron chi connectivity index (χ3n) is 2.16. The fraction of sp³-hybridized carbons (Fsp3) is 0.385. The lowest BCUT2D eigenvalue weighted by Gasteiger charge is -2.21. The maximum absolute atomic E-state index is 11.6. The van der Waals surface area contributed by atoms with Crippen molar-refractivity contribution in [2.24, 2.45) is 0 Å². The minimum Gasteiger partial charge on any atom is -0.508 e. The van der Waals surface area contributed by atoms with Crippen molar-refractivity contribution in [1.29, 1.82) is 0 Å². The van der Waals surface area contributed by atoms with E-state index in [2.05, 4.69) is 5.32 Å². The number of hydrogen-bond donors (Lipinski definition) is 3. The number of ether oxygens (including phenoxy) is 1. The molecule has 0 bridgehead atoms. The van der Waals surface area contributed by atoms with E-state index in [1.54, 1.807) is 20.8 Å². The van der Waals surface area contributed by atoms with Crippen LogP contribution in [0.15, 0.2) is 18.2 Å². The Hall–Kier alpha value is -2.24. The average molecular weight is 267 g/mol. The lowest BCUT2D eigenvalue weighted by molar-refractivity contribution is -0.109. The molecule has 3 N–H and O–H groups in total. The summed E-state index contributed by atoms with van der Waals surface area (Å²) in [6, 6.07) is 2.70. The fourth-order valence-electron chi connectivity index (χ4n) is 1.41. The van der Waals surface area contributed by atoms with Gasteiger partial charge < -0.3 is 25.1 Å². The van der Waals surface area contributed by atoms with Crippen LogP contribution in [-0.2, 0) is 9.53 Å². The number of aldehydes is 1. The van der Waals surface area contributed by atoms with Crippen LogP contribution in [0.2, 0.25) is 0 Å². The van der Waals surface area contributed by atoms with E-state index in [1.165, 1.54) is 12.1 Å². The van der Waals surface area contributed by atoms with Crippen molar-refractivity contribution >= 4 is 12.4 Å². The van der Waals surface area contributed by atoms with Crippen LogP contribution in [0.25, 0.3) is 0 Å². The Balaban J connectivity index is 2.84. The van der Waals surface area contributed by atoms with E-state index in [0.717, 1.165) is 6.07 Å². The van der Waals surface area contributed by atoms with Crippen molar-refractivity contribution in [1.82, 2.24) is 5.32 Å². The summed E-state index contributed by atoms with van der Waals surface area (Å²) >= 11 is 0. The van der Waals surface area contributed by atoms with Crippen LogP contribution >= 0.6 is 0 Å². The van der Waals surface area contributed by atoms with E-state index in [-0.39, 0.29) is 17.1 Å². The molecule has 0 heterocycles. The highest BCUT2D eigenvalue weighted by Crippen LogP contribution is 2.27. The maximum atomic E-state index is 11.6. The molecule has 19 heavy (non-hydrogen) atoms. The first-order valence-electron chi connectivity index (χ1n) is 5.69. The van der Waals surface area contributed by atoms with Gasteiger partial charge in [0, 0.05) is 11.6 Å². The Morgan fingerprint density at radius 3 is 2.47 bits per heavy atom. The van der Waals surface area contributed by atoms with E-state index >= 15 is 0 Å². The minimum absolute atomic E-state index is 0.136. The van der Waals surface area contributed by atoms with Crippen molar-refractivity contribution in [3.8, 4) is 11.5 Å². The number of nitrogens with one attached hydrogen (secondary N) is 1. The molecule has 0 fully saturated rings. The van der Waals surface area contributed by atoms with Crippen molar-refractivity contribution in [3.05, 3.63) is 23.8 Å². The highest BCUT2D eigenvalue weighted by Gasteiger charge is 2.22. The quantitative estimate of drug-likeness (QED) is 0.726. The van der Waals surface area contributed by atoms with E-state index in [9.17, 15) is 14.7 Å². The van der Waals surface area contributed by atoms with Gasteiger partial charge in [-0.05, 0) is 32.9 Å². The highest BCUT2D eigenvalue weighted by atomic mass is 16.6. The maximum Gasteiger partial charge on any atom is 0.408 e. The molecular formula is C13H17NO5. The van der Waals surface area contributed by atoms with E-state index in [0.29, 0.717) is 6.29 Å². The molecule has 0 radical (unpaired) electrons. The summed E-state index contributed by atoms with van der Waals surface area (Å²) in [5.41, 5.74) is -0.507. The third kappa shape index (κ3) is 4.50. The van der Waals surface area contributed by atoms with Gasteiger partial charge in [-0.1, -0.05) is 0 Å². The Morgan fingerprint density at radius 2 is 2.00 bits per heavy atom. The van der Waals surface area contributed by atoms with Crippen molar-refractivity contribution in [2.75, 3.05) is 0 Å². The summed E-state index contributed by atoms with van der Waals surface area (Å²) in [4.78, 5) is 22.6. The molecule has 0 saturated heterocycles. The van der Waals surface area contributed by atoms with E-state index in [1.807, 2.05) is 0 Å². The smallest absolute Gasteiger partial charge is 0.408 e. The summed E-state index contributed by atoms with van der Waals surface area (Å²) < 4.78 is 5.02. The molecule has 1 unspecified atom stereocenters. The van der Waals surface area contributed by atoms with Crippen molar-refractivity contribution in [3.63, 3.8) is 0 Å². The van der Waals surface area contributed by atoms with Crippen molar-refractivity contribution in [2.45, 2.75) is 32.4 Å². The van der Waals surface area contributed by atoms with Gasteiger partial charge >= 0.3 is 6.09 Å². The molecule has 0 spiro atoms. The van der Waals surface area contributed by atoms with Gasteiger partial charge in [0.1, 0.15) is 29.4 Å². The molecule has 1 amide bonds. The largest absolute Gasteiger partial charge is 0.508 e. The summed E-state index contributed by atoms with van der Waals surface area (Å²) in [5, 5.41) is 21.1. The number of hydrogen-bond acceptors (Lipinski definition) is 5. The zero-order valence-corrected chi connectivity index (χ0v) is 11.0. The first-order chi connectivity index (χ1) is 8.73. The number of carbonyl (C=O) groups is 2. The predicted octanol–water partition coefficient (Wildman–Crippen LogP) is 1.86. The monoisotopic (exact) mass is 267 g/mol. The summed E-state index contributed by atoms with van der Waals surface area (Å²) in [5.74, 6) is -0.420. The second kappa shape index (κ2) is 5.60. The van der Waals surface area contributed by atoms with Crippen molar-refractivity contribution < 1.29 is 24.5 Å². The van der Waals surface area contributed by atoms with Crippen LogP contribution < -0.4 is 5.32 Å². The molecule has 104 valence electrons. The molecule has 1 aromatic carbocycles. The second-order valence-electron chi connectivity index (χ2n) is 5.00. The molecule has 6 nitrogen and oxygen atoms in total. The van der Waals surface area contributed by atoms with Gasteiger partial charge in [0.25, 0.3) is 0 Å². The van der Waals surface area contributed by atoms with Crippen LogP contribution in [0.4, 0.5) is 4.79 Å². The SMILES string of the molecule is CC(C)(C)OC(=O)NC(C=O)c1ccc(O)cc1O. The molecule has 0 aliphatic carbocycles. The Labute approximate surface area is 111 Å². The van der Waals surface area contributed by atoms with Gasteiger partial charge in [0.2, 0.25) is 0 Å². The van der Waals surface area contributed by atoms with Crippen LogP contribution in [0.1, 0.15) is 32.4 Å². The number of benzene rings is 1. The van der Waals surface area contributed by atoms with E-state index in [4.69, 9.17) is 9.84 Å². The van der Waals surface area contributed by atoms with Gasteiger partial charge in [0.15, 0.2) is 0 Å². The fourth-order valence-corrected chi connectivity index (χ4v) is 1.41. The molecule has 0 aliphatic heterocycles. The predicted molar refractivity (Wildman–Crippen MR) is 67.9 cm³/mol. The van der Waals surface area contributed by atoms with Crippen LogP contribution in [0.5, 0.6) is 11.5 Å². The van der Waals surface area contributed by atoms with Gasteiger partial charge in [-0.15, -0.1) is 0 Å². The lowest BCUT2D eigenvalue weighted by atomic mass is 10.1. The summed E-state index contributed by atoms with van der Waals surface area (Å²) in [6.07, 6.45) is -0.298. The Kier molecular flexibility index (Phi) is 4.37. The molecule has 0 saturated carbocycles. The number of carbonyl (C=O) groups excluding carboxylic acids is 2. The topological polar surface area (TPSA) is 95.9 Å². The molecule has 0 aromatic heterocycles.